The van der Waals surface area contributed by atoms with Gasteiger partial charge in [0, 0.05) is 31.0 Å². The number of morpholine rings is 1. The number of benzene rings is 1. The molecule has 1 aliphatic heterocycles. The van der Waals surface area contributed by atoms with Crippen molar-refractivity contribution in [2.75, 3.05) is 26.3 Å². The van der Waals surface area contributed by atoms with Crippen LogP contribution in [-0.4, -0.2) is 38.3 Å². The number of nitrogens with one attached hydrogen (secondary N) is 2. The zero-order chi connectivity index (χ0) is 16.8. The Morgan fingerprint density at radius 1 is 1.29 bits per heavy atom. The third kappa shape index (κ3) is 4.17. The molecule has 132 valence electrons. The van der Waals surface area contributed by atoms with Crippen LogP contribution in [0.1, 0.15) is 49.7 Å². The van der Waals surface area contributed by atoms with Crippen LogP contribution in [0, 0.1) is 6.92 Å². The summed E-state index contributed by atoms with van der Waals surface area (Å²) in [6, 6.07) is 8.83. The van der Waals surface area contributed by atoms with Crippen LogP contribution in [0.15, 0.2) is 24.3 Å². The Hall–Kier alpha value is -1.39. The van der Waals surface area contributed by atoms with E-state index in [-0.39, 0.29) is 17.4 Å². The molecule has 1 aromatic rings. The summed E-state index contributed by atoms with van der Waals surface area (Å²) in [5, 5.41) is 6.58. The molecule has 1 amide bonds. The molecule has 1 unspecified atom stereocenters. The van der Waals surface area contributed by atoms with Gasteiger partial charge in [0.15, 0.2) is 0 Å². The van der Waals surface area contributed by atoms with Gasteiger partial charge < -0.3 is 15.4 Å². The minimum absolute atomic E-state index is 0.107. The Bertz CT molecular complexity index is 546. The molecule has 1 aliphatic carbocycles. The Kier molecular flexibility index (Phi) is 5.90. The van der Waals surface area contributed by atoms with E-state index in [4.69, 9.17) is 4.74 Å². The van der Waals surface area contributed by atoms with Crippen molar-refractivity contribution in [3.8, 4) is 0 Å². The van der Waals surface area contributed by atoms with Gasteiger partial charge in [-0.1, -0.05) is 43.5 Å². The normalized spacial score (nSPS) is 23.6. The Morgan fingerprint density at radius 2 is 2.08 bits per heavy atom. The second-order valence-electron chi connectivity index (χ2n) is 7.36. The molecular weight excluding hydrogens is 300 g/mol. The highest BCUT2D eigenvalue weighted by atomic mass is 16.5. The van der Waals surface area contributed by atoms with Crippen LogP contribution >= 0.6 is 0 Å². The Labute approximate surface area is 145 Å². The van der Waals surface area contributed by atoms with Crippen LogP contribution in [0.2, 0.25) is 0 Å². The maximum Gasteiger partial charge on any atom is 0.221 e. The minimum atomic E-state index is 0.107. The molecule has 2 aliphatic rings. The molecule has 2 N–H and O–H groups in total. The fourth-order valence-electron chi connectivity index (χ4n) is 4.25. The maximum atomic E-state index is 12.4. The maximum absolute atomic E-state index is 12.4. The Balaban J connectivity index is 1.64. The first kappa shape index (κ1) is 17.4. The molecule has 0 bridgehead atoms. The highest BCUT2D eigenvalue weighted by molar-refractivity contribution is 5.76. The topological polar surface area (TPSA) is 50.4 Å². The molecule has 1 aromatic carbocycles. The summed E-state index contributed by atoms with van der Waals surface area (Å²) < 4.78 is 5.44. The number of hydrogen-bond acceptors (Lipinski definition) is 3. The molecule has 1 saturated carbocycles. The number of amides is 1. The summed E-state index contributed by atoms with van der Waals surface area (Å²) in [6.45, 7) is 5.16. The number of aryl methyl sites for hydroxylation is 1. The van der Waals surface area contributed by atoms with Crippen LogP contribution in [0.4, 0.5) is 0 Å². The molecular formula is C20H30N2O2. The number of rotatable bonds is 5. The highest BCUT2D eigenvalue weighted by Crippen LogP contribution is 2.40. The van der Waals surface area contributed by atoms with Crippen LogP contribution in [0.5, 0.6) is 0 Å². The molecule has 0 spiro atoms. The van der Waals surface area contributed by atoms with Crippen molar-refractivity contribution in [1.82, 2.24) is 10.6 Å². The monoisotopic (exact) mass is 330 g/mol. The number of carbonyl (C=O) groups is 1. The van der Waals surface area contributed by atoms with Gasteiger partial charge in [0.2, 0.25) is 5.91 Å². The number of carbonyl (C=O) groups excluding carboxylic acids is 1. The molecule has 4 heteroatoms. The molecule has 4 nitrogen and oxygen atoms in total. The lowest BCUT2D eigenvalue weighted by atomic mass is 9.68. The zero-order valence-electron chi connectivity index (χ0n) is 14.8. The molecule has 2 fully saturated rings. The summed E-state index contributed by atoms with van der Waals surface area (Å²) in [5.41, 5.74) is 2.87. The number of ether oxygens (including phenoxy) is 1. The van der Waals surface area contributed by atoms with E-state index in [9.17, 15) is 4.79 Å². The zero-order valence-corrected chi connectivity index (χ0v) is 14.8. The highest BCUT2D eigenvalue weighted by Gasteiger charge is 2.35. The van der Waals surface area contributed by atoms with Crippen molar-refractivity contribution in [3.63, 3.8) is 0 Å². The van der Waals surface area contributed by atoms with Gasteiger partial charge in [0.1, 0.15) is 0 Å². The van der Waals surface area contributed by atoms with Gasteiger partial charge in [0.05, 0.1) is 13.2 Å². The van der Waals surface area contributed by atoms with E-state index in [1.807, 2.05) is 0 Å². The van der Waals surface area contributed by atoms with Crippen molar-refractivity contribution in [1.29, 1.82) is 0 Å². The first-order valence-electron chi connectivity index (χ1n) is 9.34. The Morgan fingerprint density at radius 3 is 2.79 bits per heavy atom. The largest absolute Gasteiger partial charge is 0.378 e. The average Bonchev–Trinajstić information content (AvgIpc) is 2.62. The fourth-order valence-corrected chi connectivity index (χ4v) is 4.25. The molecule has 0 radical (unpaired) electrons. The summed E-state index contributed by atoms with van der Waals surface area (Å²) in [7, 11) is 0. The predicted octanol–water partition coefficient (Wildman–Crippen LogP) is 2.69. The lowest BCUT2D eigenvalue weighted by Crippen LogP contribution is -2.47. The average molecular weight is 330 g/mol. The van der Waals surface area contributed by atoms with Crippen molar-refractivity contribution in [2.45, 2.75) is 56.9 Å². The summed E-state index contributed by atoms with van der Waals surface area (Å²) in [4.78, 5) is 12.4. The molecule has 1 heterocycles. The molecule has 3 rings (SSSR count). The lowest BCUT2D eigenvalue weighted by Gasteiger charge is -2.39. The van der Waals surface area contributed by atoms with Gasteiger partial charge in [-0.2, -0.15) is 0 Å². The first-order chi connectivity index (χ1) is 11.7. The number of hydrogen-bond donors (Lipinski definition) is 2. The van der Waals surface area contributed by atoms with Crippen LogP contribution in [0.25, 0.3) is 0 Å². The van der Waals surface area contributed by atoms with Gasteiger partial charge in [-0.15, -0.1) is 0 Å². The SMILES string of the molecule is Cc1ccccc1C1(CNC(=O)CC2COCCN2)CCCCC1. The smallest absolute Gasteiger partial charge is 0.221 e. The van der Waals surface area contributed by atoms with E-state index in [1.54, 1.807) is 0 Å². The third-order valence-electron chi connectivity index (χ3n) is 5.58. The predicted molar refractivity (Wildman–Crippen MR) is 96.2 cm³/mol. The minimum Gasteiger partial charge on any atom is -0.378 e. The van der Waals surface area contributed by atoms with Crippen LogP contribution < -0.4 is 10.6 Å². The van der Waals surface area contributed by atoms with E-state index in [0.29, 0.717) is 13.0 Å². The van der Waals surface area contributed by atoms with Crippen molar-refractivity contribution >= 4 is 5.91 Å². The lowest BCUT2D eigenvalue weighted by molar-refractivity contribution is -0.122. The van der Waals surface area contributed by atoms with E-state index < -0.39 is 0 Å². The summed E-state index contributed by atoms with van der Waals surface area (Å²) >= 11 is 0. The van der Waals surface area contributed by atoms with Crippen molar-refractivity contribution in [2.24, 2.45) is 0 Å². The van der Waals surface area contributed by atoms with Gasteiger partial charge in [-0.25, -0.2) is 0 Å². The van der Waals surface area contributed by atoms with E-state index in [1.165, 1.54) is 43.2 Å². The summed E-state index contributed by atoms with van der Waals surface area (Å²) in [6.07, 6.45) is 6.66. The first-order valence-corrected chi connectivity index (χ1v) is 9.34. The van der Waals surface area contributed by atoms with Gasteiger partial charge >= 0.3 is 0 Å². The standard InChI is InChI=1S/C20H30N2O2/c1-16-7-3-4-8-18(16)20(9-5-2-6-10-20)15-22-19(23)13-17-14-24-12-11-21-17/h3-4,7-8,17,21H,2,5-6,9-15H2,1H3,(H,22,23). The second-order valence-corrected chi connectivity index (χ2v) is 7.36. The van der Waals surface area contributed by atoms with E-state index >= 15 is 0 Å². The third-order valence-corrected chi connectivity index (χ3v) is 5.58. The van der Waals surface area contributed by atoms with Gasteiger partial charge in [0.25, 0.3) is 0 Å². The van der Waals surface area contributed by atoms with Crippen molar-refractivity contribution in [3.05, 3.63) is 35.4 Å². The molecule has 1 saturated heterocycles. The van der Waals surface area contributed by atoms with Crippen molar-refractivity contribution < 1.29 is 9.53 Å². The van der Waals surface area contributed by atoms with Gasteiger partial charge in [-0.05, 0) is 30.9 Å². The van der Waals surface area contributed by atoms with E-state index in [0.717, 1.165) is 19.7 Å². The molecule has 0 aromatic heterocycles. The van der Waals surface area contributed by atoms with E-state index in [2.05, 4.69) is 41.8 Å². The van der Waals surface area contributed by atoms with Gasteiger partial charge in [-0.3, -0.25) is 4.79 Å². The second kappa shape index (κ2) is 8.13. The van der Waals surface area contributed by atoms with Crippen LogP contribution in [0.3, 0.4) is 0 Å². The fraction of sp³-hybridized carbons (Fsp3) is 0.650. The molecule has 1 atom stereocenters. The summed E-state index contributed by atoms with van der Waals surface area (Å²) in [5.74, 6) is 0.136. The molecule has 24 heavy (non-hydrogen) atoms. The van der Waals surface area contributed by atoms with Crippen LogP contribution in [-0.2, 0) is 14.9 Å². The quantitative estimate of drug-likeness (QED) is 0.873.